The molecule has 1 aliphatic carbocycles. The average molecular weight is 298 g/mol. The first kappa shape index (κ1) is 15.2. The van der Waals surface area contributed by atoms with Crippen LogP contribution < -0.4 is 11.1 Å². The fourth-order valence-electron chi connectivity index (χ4n) is 2.11. The normalized spacial score (nSPS) is 17.9. The van der Waals surface area contributed by atoms with Crippen molar-refractivity contribution in [3.63, 3.8) is 0 Å². The quantitative estimate of drug-likeness (QED) is 0.515. The number of carbonyl (C=O) groups is 1. The third-order valence-electron chi connectivity index (χ3n) is 3.52. The summed E-state index contributed by atoms with van der Waals surface area (Å²) >= 11 is 1.64. The highest BCUT2D eigenvalue weighted by atomic mass is 32.2. The van der Waals surface area contributed by atoms with E-state index < -0.39 is 5.54 Å². The Bertz CT molecular complexity index is 461. The molecular weight excluding hydrogens is 276 g/mol. The molecule has 1 aromatic heterocycles. The monoisotopic (exact) mass is 298 g/mol. The molecule has 3 N–H and O–H groups in total. The molecule has 0 bridgehead atoms. The summed E-state index contributed by atoms with van der Waals surface area (Å²) in [4.78, 5) is 11.5. The second-order valence-electron chi connectivity index (χ2n) is 5.32. The second-order valence-corrected chi connectivity index (χ2v) is 6.38. The van der Waals surface area contributed by atoms with Crippen molar-refractivity contribution in [3.05, 3.63) is 0 Å². The predicted molar refractivity (Wildman–Crippen MR) is 77.3 cm³/mol. The molecule has 7 nitrogen and oxygen atoms in total. The summed E-state index contributed by atoms with van der Waals surface area (Å²) in [5, 5.41) is 15.8. The number of hydrogen-bond acceptors (Lipinski definition) is 6. The van der Waals surface area contributed by atoms with E-state index in [4.69, 9.17) is 5.73 Å². The lowest BCUT2D eigenvalue weighted by atomic mass is 9.95. The number of hydrogen-bond donors (Lipinski definition) is 2. The molecule has 0 aromatic carbocycles. The number of nitrogens with zero attached hydrogens (tertiary/aromatic N) is 4. The summed E-state index contributed by atoms with van der Waals surface area (Å²) in [6, 6.07) is 0.491. The highest BCUT2D eigenvalue weighted by molar-refractivity contribution is 7.99. The molecular formula is C12H22N6OS. The zero-order chi connectivity index (χ0) is 14.6. The molecule has 20 heavy (non-hydrogen) atoms. The maximum atomic E-state index is 11.5. The van der Waals surface area contributed by atoms with Gasteiger partial charge in [-0.3, -0.25) is 4.79 Å². The van der Waals surface area contributed by atoms with Crippen molar-refractivity contribution in [1.82, 2.24) is 25.5 Å². The van der Waals surface area contributed by atoms with Gasteiger partial charge in [0.2, 0.25) is 11.1 Å². The van der Waals surface area contributed by atoms with Crippen LogP contribution in [-0.4, -0.2) is 44.0 Å². The zero-order valence-electron chi connectivity index (χ0n) is 12.0. The van der Waals surface area contributed by atoms with Gasteiger partial charge in [-0.15, -0.1) is 5.10 Å². The van der Waals surface area contributed by atoms with Crippen molar-refractivity contribution < 1.29 is 4.79 Å². The van der Waals surface area contributed by atoms with Crippen molar-refractivity contribution in [2.24, 2.45) is 5.73 Å². The highest BCUT2D eigenvalue weighted by Crippen LogP contribution is 2.36. The van der Waals surface area contributed by atoms with Gasteiger partial charge >= 0.3 is 0 Å². The SMILES string of the molecule is CCNC(C)(CCCSc1nnnn1C1CC1)C(N)=O. The molecule has 1 saturated carbocycles. The lowest BCUT2D eigenvalue weighted by Crippen LogP contribution is -2.53. The third-order valence-corrected chi connectivity index (χ3v) is 4.54. The summed E-state index contributed by atoms with van der Waals surface area (Å²) < 4.78 is 1.91. The minimum absolute atomic E-state index is 0.299. The molecule has 1 atom stereocenters. The Balaban J connectivity index is 1.77. The highest BCUT2D eigenvalue weighted by Gasteiger charge is 2.30. The molecule has 1 heterocycles. The first-order valence-electron chi connectivity index (χ1n) is 7.02. The minimum atomic E-state index is -0.627. The van der Waals surface area contributed by atoms with E-state index in [1.807, 2.05) is 18.5 Å². The van der Waals surface area contributed by atoms with Crippen LogP contribution >= 0.6 is 11.8 Å². The number of thioether (sulfide) groups is 1. The van der Waals surface area contributed by atoms with Crippen LogP contribution in [0.5, 0.6) is 0 Å². The number of aromatic nitrogens is 4. The number of rotatable bonds is 9. The van der Waals surface area contributed by atoms with Gasteiger partial charge in [0.15, 0.2) is 0 Å². The first-order valence-corrected chi connectivity index (χ1v) is 8.01. The number of nitrogens with two attached hydrogens (primary N) is 1. The Morgan fingerprint density at radius 1 is 1.60 bits per heavy atom. The summed E-state index contributed by atoms with van der Waals surface area (Å²) in [7, 11) is 0. The molecule has 1 fully saturated rings. The molecule has 0 aliphatic heterocycles. The van der Waals surface area contributed by atoms with Gasteiger partial charge in [0.25, 0.3) is 0 Å². The maximum absolute atomic E-state index is 11.5. The first-order chi connectivity index (χ1) is 9.57. The van der Waals surface area contributed by atoms with Crippen LogP contribution in [0.25, 0.3) is 0 Å². The van der Waals surface area contributed by atoms with Crippen LogP contribution in [0, 0.1) is 0 Å². The molecule has 1 unspecified atom stereocenters. The molecule has 0 radical (unpaired) electrons. The van der Waals surface area contributed by atoms with E-state index in [0.29, 0.717) is 12.5 Å². The molecule has 112 valence electrons. The van der Waals surface area contributed by atoms with Crippen molar-refractivity contribution in [1.29, 1.82) is 0 Å². The summed E-state index contributed by atoms with van der Waals surface area (Å²) in [5.41, 5.74) is 4.83. The van der Waals surface area contributed by atoms with Gasteiger partial charge in [-0.1, -0.05) is 18.7 Å². The molecule has 0 spiro atoms. The molecule has 8 heteroatoms. The van der Waals surface area contributed by atoms with Crippen LogP contribution in [-0.2, 0) is 4.79 Å². The van der Waals surface area contributed by atoms with Crippen molar-refractivity contribution in [3.8, 4) is 0 Å². The van der Waals surface area contributed by atoms with E-state index in [9.17, 15) is 4.79 Å². The van der Waals surface area contributed by atoms with E-state index in [1.54, 1.807) is 11.8 Å². The van der Waals surface area contributed by atoms with Crippen LogP contribution in [0.1, 0.15) is 45.6 Å². The Hall–Kier alpha value is -1.15. The van der Waals surface area contributed by atoms with Gasteiger partial charge in [0.1, 0.15) is 0 Å². The fraction of sp³-hybridized carbons (Fsp3) is 0.833. The van der Waals surface area contributed by atoms with Crippen molar-refractivity contribution in [2.45, 2.75) is 56.3 Å². The van der Waals surface area contributed by atoms with E-state index in [2.05, 4.69) is 20.8 Å². The smallest absolute Gasteiger partial charge is 0.237 e. The average Bonchev–Trinajstić information content (AvgIpc) is 3.14. The summed E-state index contributed by atoms with van der Waals surface area (Å²) in [6.07, 6.45) is 3.93. The fourth-order valence-corrected chi connectivity index (χ4v) is 2.99. The lowest BCUT2D eigenvalue weighted by molar-refractivity contribution is -0.124. The molecule has 1 aliphatic rings. The van der Waals surface area contributed by atoms with E-state index in [-0.39, 0.29) is 5.91 Å². The largest absolute Gasteiger partial charge is 0.368 e. The second kappa shape index (κ2) is 6.53. The van der Waals surface area contributed by atoms with E-state index in [1.165, 1.54) is 12.8 Å². The number of nitrogens with one attached hydrogen (secondary N) is 1. The minimum Gasteiger partial charge on any atom is -0.368 e. The standard InChI is InChI=1S/C12H22N6OS/c1-3-14-12(2,10(13)19)7-4-8-20-11-15-16-17-18(11)9-5-6-9/h9,14H,3-8H2,1-2H3,(H2,13,19). The molecule has 1 aromatic rings. The lowest BCUT2D eigenvalue weighted by Gasteiger charge is -2.26. The Labute approximate surface area is 123 Å². The van der Waals surface area contributed by atoms with Crippen LogP contribution in [0.2, 0.25) is 0 Å². The van der Waals surface area contributed by atoms with Gasteiger partial charge in [0.05, 0.1) is 11.6 Å². The summed E-state index contributed by atoms with van der Waals surface area (Å²) in [6.45, 7) is 4.56. The Morgan fingerprint density at radius 3 is 2.95 bits per heavy atom. The molecule has 1 amide bonds. The Morgan fingerprint density at radius 2 is 2.35 bits per heavy atom. The Kier molecular flexibility index (Phi) is 4.98. The number of likely N-dealkylation sites (N-methyl/N-ethyl adjacent to an activating group) is 1. The van der Waals surface area contributed by atoms with Crippen molar-refractivity contribution in [2.75, 3.05) is 12.3 Å². The van der Waals surface area contributed by atoms with Crippen LogP contribution in [0.15, 0.2) is 5.16 Å². The van der Waals surface area contributed by atoms with E-state index >= 15 is 0 Å². The molecule has 2 rings (SSSR count). The van der Waals surface area contributed by atoms with Crippen LogP contribution in [0.4, 0.5) is 0 Å². The number of primary amides is 1. The summed E-state index contributed by atoms with van der Waals surface area (Å²) in [5.74, 6) is 0.577. The van der Waals surface area contributed by atoms with Gasteiger partial charge in [-0.05, 0) is 49.6 Å². The van der Waals surface area contributed by atoms with Crippen LogP contribution in [0.3, 0.4) is 0 Å². The van der Waals surface area contributed by atoms with Gasteiger partial charge in [-0.25, -0.2) is 4.68 Å². The third kappa shape index (κ3) is 3.69. The number of tetrazole rings is 1. The zero-order valence-corrected chi connectivity index (χ0v) is 12.8. The van der Waals surface area contributed by atoms with Crippen molar-refractivity contribution >= 4 is 17.7 Å². The predicted octanol–water partition coefficient (Wildman–Crippen LogP) is 0.734. The number of carbonyl (C=O) groups excluding carboxylic acids is 1. The number of amides is 1. The van der Waals surface area contributed by atoms with Gasteiger partial charge in [-0.2, -0.15) is 0 Å². The van der Waals surface area contributed by atoms with E-state index in [0.717, 1.165) is 23.9 Å². The maximum Gasteiger partial charge on any atom is 0.237 e. The van der Waals surface area contributed by atoms with Gasteiger partial charge < -0.3 is 11.1 Å². The van der Waals surface area contributed by atoms with Gasteiger partial charge in [0, 0.05) is 5.75 Å². The molecule has 0 saturated heterocycles. The topological polar surface area (TPSA) is 98.7 Å².